The highest BCUT2D eigenvalue weighted by Gasteiger charge is 2.35. The number of amides is 1. The van der Waals surface area contributed by atoms with Crippen LogP contribution in [0.1, 0.15) is 31.7 Å². The number of hydrogen-bond donors (Lipinski definition) is 2. The van der Waals surface area contributed by atoms with E-state index >= 15 is 0 Å². The molecule has 0 aliphatic carbocycles. The number of benzene rings is 1. The molecule has 2 N–H and O–H groups in total. The number of hydrogen-bond acceptors (Lipinski definition) is 3. The molecule has 20 heavy (non-hydrogen) atoms. The van der Waals surface area contributed by atoms with Crippen molar-refractivity contribution in [2.24, 2.45) is 0 Å². The quantitative estimate of drug-likeness (QED) is 0.798. The highest BCUT2D eigenvalue weighted by molar-refractivity contribution is 5.87. The van der Waals surface area contributed by atoms with E-state index in [1.807, 2.05) is 37.3 Å². The van der Waals surface area contributed by atoms with Crippen LogP contribution >= 0.6 is 0 Å². The van der Waals surface area contributed by atoms with Crippen LogP contribution in [0.4, 0.5) is 0 Å². The van der Waals surface area contributed by atoms with Gasteiger partial charge in [0.2, 0.25) is 5.91 Å². The number of carbonyl (C=O) groups is 2. The van der Waals surface area contributed by atoms with Crippen molar-refractivity contribution in [2.45, 2.75) is 31.7 Å². The number of carboxylic acid groups (broad SMARTS) is 1. The van der Waals surface area contributed by atoms with Crippen LogP contribution in [0, 0.1) is 0 Å². The van der Waals surface area contributed by atoms with Crippen molar-refractivity contribution in [3.05, 3.63) is 35.9 Å². The summed E-state index contributed by atoms with van der Waals surface area (Å²) in [6.45, 7) is 3.29. The lowest BCUT2D eigenvalue weighted by Crippen LogP contribution is -2.55. The minimum absolute atomic E-state index is 0.0248. The molecule has 0 spiro atoms. The fourth-order valence-electron chi connectivity index (χ4n) is 1.98. The third kappa shape index (κ3) is 4.35. The Bertz CT molecular complexity index is 460. The van der Waals surface area contributed by atoms with Gasteiger partial charge in [-0.3, -0.25) is 4.79 Å². The normalized spacial score (nSPS) is 15.2. The predicted molar refractivity (Wildman–Crippen MR) is 75.5 cm³/mol. The maximum absolute atomic E-state index is 12.0. The van der Waals surface area contributed by atoms with Crippen molar-refractivity contribution >= 4 is 11.9 Å². The second-order valence-electron chi connectivity index (χ2n) is 5.13. The smallest absolute Gasteiger partial charge is 0.331 e. The van der Waals surface area contributed by atoms with Gasteiger partial charge in [-0.15, -0.1) is 0 Å². The van der Waals surface area contributed by atoms with E-state index in [9.17, 15) is 9.59 Å². The maximum Gasteiger partial charge on any atom is 0.331 e. The van der Waals surface area contributed by atoms with E-state index in [2.05, 4.69) is 5.32 Å². The Labute approximate surface area is 118 Å². The van der Waals surface area contributed by atoms with Gasteiger partial charge < -0.3 is 15.2 Å². The summed E-state index contributed by atoms with van der Waals surface area (Å²) >= 11 is 0. The lowest BCUT2D eigenvalue weighted by atomic mass is 9.96. The average Bonchev–Trinajstić information content (AvgIpc) is 2.39. The maximum atomic E-state index is 12.0. The third-order valence-electron chi connectivity index (χ3n) is 3.18. The number of aliphatic carboxylic acids is 1. The van der Waals surface area contributed by atoms with Crippen LogP contribution in [0.5, 0.6) is 0 Å². The summed E-state index contributed by atoms with van der Waals surface area (Å²) in [6, 6.07) is 9.63. The van der Waals surface area contributed by atoms with Gasteiger partial charge in [0.1, 0.15) is 0 Å². The van der Waals surface area contributed by atoms with Crippen molar-refractivity contribution in [3.63, 3.8) is 0 Å². The summed E-state index contributed by atoms with van der Waals surface area (Å²) in [6.07, 6.45) is 0.233. The van der Waals surface area contributed by atoms with Crippen molar-refractivity contribution in [1.29, 1.82) is 0 Å². The molecule has 0 fully saturated rings. The molecule has 0 aromatic heterocycles. The van der Waals surface area contributed by atoms with E-state index < -0.39 is 11.5 Å². The summed E-state index contributed by atoms with van der Waals surface area (Å²) in [7, 11) is 1.40. The van der Waals surface area contributed by atoms with Crippen LogP contribution in [0.15, 0.2) is 30.3 Å². The van der Waals surface area contributed by atoms with E-state index in [1.165, 1.54) is 14.0 Å². The molecular formula is C15H21NO4. The van der Waals surface area contributed by atoms with Crippen LogP contribution in [0.25, 0.3) is 0 Å². The van der Waals surface area contributed by atoms with Gasteiger partial charge in [0.25, 0.3) is 0 Å². The van der Waals surface area contributed by atoms with Crippen LogP contribution in [0.3, 0.4) is 0 Å². The molecule has 1 rings (SSSR count). The number of nitrogens with one attached hydrogen (secondary N) is 1. The van der Waals surface area contributed by atoms with Crippen LogP contribution in [-0.2, 0) is 14.3 Å². The molecule has 5 nitrogen and oxygen atoms in total. The van der Waals surface area contributed by atoms with Crippen molar-refractivity contribution in [2.75, 3.05) is 13.7 Å². The Kier molecular flexibility index (Phi) is 5.70. The monoisotopic (exact) mass is 279 g/mol. The highest BCUT2D eigenvalue weighted by Crippen LogP contribution is 2.19. The van der Waals surface area contributed by atoms with Gasteiger partial charge in [0.05, 0.1) is 6.61 Å². The number of ether oxygens (including phenoxy) is 1. The van der Waals surface area contributed by atoms with Gasteiger partial charge >= 0.3 is 5.97 Å². The number of carboxylic acids is 1. The Morgan fingerprint density at radius 3 is 2.45 bits per heavy atom. The molecule has 0 saturated carbocycles. The second-order valence-corrected chi connectivity index (χ2v) is 5.13. The fraction of sp³-hybridized carbons (Fsp3) is 0.467. The summed E-state index contributed by atoms with van der Waals surface area (Å²) in [5.41, 5.74) is -0.353. The molecule has 1 aromatic rings. The Balaban J connectivity index is 2.65. The topological polar surface area (TPSA) is 75.6 Å². The van der Waals surface area contributed by atoms with Crippen molar-refractivity contribution < 1.29 is 19.4 Å². The zero-order valence-corrected chi connectivity index (χ0v) is 12.1. The zero-order chi connectivity index (χ0) is 15.2. The van der Waals surface area contributed by atoms with Crippen molar-refractivity contribution in [1.82, 2.24) is 5.32 Å². The van der Waals surface area contributed by atoms with Crippen LogP contribution in [0.2, 0.25) is 0 Å². The number of rotatable bonds is 7. The molecule has 0 radical (unpaired) electrons. The van der Waals surface area contributed by atoms with Gasteiger partial charge in [-0.05, 0) is 18.4 Å². The van der Waals surface area contributed by atoms with Crippen LogP contribution in [-0.4, -0.2) is 36.2 Å². The zero-order valence-electron chi connectivity index (χ0n) is 12.1. The van der Waals surface area contributed by atoms with E-state index in [1.54, 1.807) is 0 Å². The molecule has 0 aliphatic rings. The lowest BCUT2D eigenvalue weighted by Gasteiger charge is -2.26. The largest absolute Gasteiger partial charge is 0.479 e. The van der Waals surface area contributed by atoms with Gasteiger partial charge in [-0.25, -0.2) is 4.79 Å². The van der Waals surface area contributed by atoms with Gasteiger partial charge in [-0.2, -0.15) is 0 Å². The first-order chi connectivity index (χ1) is 9.39. The molecule has 0 saturated heterocycles. The average molecular weight is 279 g/mol. The van der Waals surface area contributed by atoms with E-state index in [0.717, 1.165) is 5.56 Å². The number of methoxy groups -OCH3 is 1. The standard InChI is InChI=1S/C15H21NO4/c1-11(12-7-5-4-6-8-12)9-13(17)16-15(2,10-20-3)14(18)19/h4-8,11H,9-10H2,1-3H3,(H,16,17)(H,18,19). The van der Waals surface area contributed by atoms with E-state index in [4.69, 9.17) is 9.84 Å². The molecule has 1 aromatic carbocycles. The van der Waals surface area contributed by atoms with Crippen LogP contribution < -0.4 is 5.32 Å². The summed E-state index contributed by atoms with van der Waals surface area (Å²) in [5, 5.41) is 11.7. The Hall–Kier alpha value is -1.88. The second kappa shape index (κ2) is 7.05. The summed E-state index contributed by atoms with van der Waals surface area (Å²) in [4.78, 5) is 23.2. The molecule has 5 heteroatoms. The first-order valence-corrected chi connectivity index (χ1v) is 6.47. The molecule has 0 bridgehead atoms. The van der Waals surface area contributed by atoms with Gasteiger partial charge in [-0.1, -0.05) is 37.3 Å². The van der Waals surface area contributed by atoms with Gasteiger partial charge in [0, 0.05) is 13.5 Å². The lowest BCUT2D eigenvalue weighted by molar-refractivity contribution is -0.149. The minimum atomic E-state index is -1.40. The molecule has 110 valence electrons. The molecule has 1 amide bonds. The van der Waals surface area contributed by atoms with E-state index in [0.29, 0.717) is 0 Å². The third-order valence-corrected chi connectivity index (χ3v) is 3.18. The molecule has 0 heterocycles. The Morgan fingerprint density at radius 1 is 1.35 bits per heavy atom. The summed E-state index contributed by atoms with van der Waals surface area (Å²) < 4.78 is 4.86. The summed E-state index contributed by atoms with van der Waals surface area (Å²) in [5.74, 6) is -1.39. The predicted octanol–water partition coefficient (Wildman–Crippen LogP) is 1.79. The van der Waals surface area contributed by atoms with E-state index in [-0.39, 0.29) is 24.9 Å². The van der Waals surface area contributed by atoms with Gasteiger partial charge in [0.15, 0.2) is 5.54 Å². The SMILES string of the molecule is COCC(C)(NC(=O)CC(C)c1ccccc1)C(=O)O. The molecular weight excluding hydrogens is 258 g/mol. The molecule has 2 unspecified atom stereocenters. The highest BCUT2D eigenvalue weighted by atomic mass is 16.5. The fourth-order valence-corrected chi connectivity index (χ4v) is 1.98. The Morgan fingerprint density at radius 2 is 1.95 bits per heavy atom. The first-order valence-electron chi connectivity index (χ1n) is 6.47. The first kappa shape index (κ1) is 16.2. The number of carbonyl (C=O) groups excluding carboxylic acids is 1. The minimum Gasteiger partial charge on any atom is -0.479 e. The molecule has 2 atom stereocenters. The van der Waals surface area contributed by atoms with Crippen molar-refractivity contribution in [3.8, 4) is 0 Å². The molecule has 0 aliphatic heterocycles.